The first kappa shape index (κ1) is 41.7. The van der Waals surface area contributed by atoms with Gasteiger partial charge in [-0.05, 0) is 64.2 Å². The van der Waals surface area contributed by atoms with Crippen molar-refractivity contribution in [3.05, 3.63) is 108 Å². The third-order valence-corrected chi connectivity index (χ3v) is 10.9. The summed E-state index contributed by atoms with van der Waals surface area (Å²) >= 11 is 0. The Balaban J connectivity index is 0.000000208. The quantitative estimate of drug-likeness (QED) is 0.234. The number of fused-ring (bicyclic) bond motifs is 2. The number of carbonyl (C=O) groups excluding carboxylic acids is 1. The van der Waals surface area contributed by atoms with Crippen molar-refractivity contribution in [1.82, 2.24) is 10.2 Å². The number of ether oxygens (including phenoxy) is 9. The number of likely N-dealkylation sites (tertiary alicyclic amines) is 1. The number of rotatable bonds is 12. The summed E-state index contributed by atoms with van der Waals surface area (Å²) in [6.45, 7) is 13.1. The molecule has 5 saturated heterocycles. The maximum absolute atomic E-state index is 12.4. The smallest absolute Gasteiger partial charge is 0.407 e. The van der Waals surface area contributed by atoms with Gasteiger partial charge in [-0.1, -0.05) is 91.0 Å². The number of benzene rings is 3. The summed E-state index contributed by atoms with van der Waals surface area (Å²) in [5, 5.41) is 12.5. The molecule has 0 spiro atoms. The lowest BCUT2D eigenvalue weighted by Gasteiger charge is -2.40. The fraction of sp³-hybridized carbons (Fsp3) is 0.568. The van der Waals surface area contributed by atoms with Crippen molar-refractivity contribution in [2.75, 3.05) is 26.2 Å². The molecular weight excluding hydrogens is 732 g/mol. The molecule has 5 heterocycles. The zero-order valence-corrected chi connectivity index (χ0v) is 33.6. The maximum Gasteiger partial charge on any atom is 0.407 e. The number of nitrogens with zero attached hydrogens (tertiary/aromatic N) is 1. The predicted octanol–water partition coefficient (Wildman–Crippen LogP) is 5.67. The van der Waals surface area contributed by atoms with Gasteiger partial charge in [-0.2, -0.15) is 0 Å². The Bertz CT molecular complexity index is 1710. The van der Waals surface area contributed by atoms with Crippen LogP contribution in [0.1, 0.15) is 64.2 Å². The fourth-order valence-corrected chi connectivity index (χ4v) is 7.94. The van der Waals surface area contributed by atoms with E-state index in [0.717, 1.165) is 42.6 Å². The number of hydrogen-bond acceptors (Lipinski definition) is 12. The number of alkyl carbamates (subject to hydrolysis) is 1. The molecule has 310 valence electrons. The van der Waals surface area contributed by atoms with Gasteiger partial charge < -0.3 is 58.0 Å². The molecule has 0 bridgehead atoms. The van der Waals surface area contributed by atoms with Crippen molar-refractivity contribution >= 4 is 6.09 Å². The predicted molar refractivity (Wildman–Crippen MR) is 208 cm³/mol. The lowest BCUT2D eigenvalue weighted by Crippen LogP contribution is -2.55. The first-order chi connectivity index (χ1) is 27.4. The molecule has 8 atom stereocenters. The average Bonchev–Trinajstić information content (AvgIpc) is 3.88. The molecule has 5 aliphatic rings. The monoisotopic (exact) mass is 790 g/mol. The van der Waals surface area contributed by atoms with Gasteiger partial charge in [-0.25, -0.2) is 4.79 Å². The Labute approximate surface area is 335 Å². The molecule has 5 fully saturated rings. The highest BCUT2D eigenvalue weighted by molar-refractivity contribution is 5.68. The van der Waals surface area contributed by atoms with Gasteiger partial charge in [-0.3, -0.25) is 0 Å². The highest BCUT2D eigenvalue weighted by Crippen LogP contribution is 2.40. The highest BCUT2D eigenvalue weighted by Gasteiger charge is 2.56. The highest BCUT2D eigenvalue weighted by atomic mass is 16.9. The molecule has 2 N–H and O–H groups in total. The molecule has 0 aromatic heterocycles. The van der Waals surface area contributed by atoms with Gasteiger partial charge in [0.25, 0.3) is 0 Å². The van der Waals surface area contributed by atoms with Crippen molar-refractivity contribution in [2.45, 2.75) is 134 Å². The molecule has 1 amide bonds. The zero-order chi connectivity index (χ0) is 40.0. The van der Waals surface area contributed by atoms with Crippen LogP contribution in [0.2, 0.25) is 0 Å². The maximum atomic E-state index is 12.4. The largest absolute Gasteiger partial charge is 0.445 e. The minimum atomic E-state index is -0.692. The van der Waals surface area contributed by atoms with Crippen LogP contribution in [0.3, 0.4) is 0 Å². The Morgan fingerprint density at radius 2 is 1.11 bits per heavy atom. The van der Waals surface area contributed by atoms with Crippen molar-refractivity contribution in [2.24, 2.45) is 0 Å². The molecule has 3 aromatic rings. The SMILES string of the molecule is CC1(C)O[C@H]2O[C@H](CO)[C@H](OCc3ccccc3)[C@H]2O1.CC1(NC(=O)OCc2ccccc2)CCN(C[C@H]2O[C@@H]3OC(C)(C)O[C@@H]3[C@H]2OCc2ccccc2)CC1. The molecule has 13 heteroatoms. The van der Waals surface area contributed by atoms with Crippen LogP contribution >= 0.6 is 0 Å². The summed E-state index contributed by atoms with van der Waals surface area (Å²) in [5.74, 6) is -1.37. The first-order valence-corrected chi connectivity index (χ1v) is 20.0. The number of piperidine rings is 1. The van der Waals surface area contributed by atoms with Crippen LogP contribution < -0.4 is 5.32 Å². The number of hydrogen-bond donors (Lipinski definition) is 2. The van der Waals surface area contributed by atoms with Gasteiger partial charge in [0, 0.05) is 25.2 Å². The third-order valence-electron chi connectivity index (χ3n) is 10.9. The number of aliphatic hydroxyl groups is 1. The second-order valence-electron chi connectivity index (χ2n) is 16.5. The van der Waals surface area contributed by atoms with Gasteiger partial charge in [0.05, 0.1) is 19.8 Å². The third kappa shape index (κ3) is 11.0. The Hall–Kier alpha value is -3.47. The van der Waals surface area contributed by atoms with Gasteiger partial charge >= 0.3 is 6.09 Å². The van der Waals surface area contributed by atoms with E-state index in [1.54, 1.807) is 0 Å². The number of aliphatic hydroxyl groups excluding tert-OH is 1. The van der Waals surface area contributed by atoms with Gasteiger partial charge in [-0.15, -0.1) is 0 Å². The number of nitrogens with one attached hydrogen (secondary N) is 1. The molecule has 3 aromatic carbocycles. The second kappa shape index (κ2) is 18.2. The summed E-state index contributed by atoms with van der Waals surface area (Å²) in [7, 11) is 0. The molecule has 8 rings (SSSR count). The van der Waals surface area contributed by atoms with E-state index >= 15 is 0 Å². The fourth-order valence-electron chi connectivity index (χ4n) is 7.94. The van der Waals surface area contributed by atoms with E-state index in [1.165, 1.54) is 0 Å². The summed E-state index contributed by atoms with van der Waals surface area (Å²) in [5.41, 5.74) is 2.85. The summed E-state index contributed by atoms with van der Waals surface area (Å²) < 4.78 is 53.3. The molecule has 0 aliphatic carbocycles. The molecule has 5 aliphatic heterocycles. The van der Waals surface area contributed by atoms with E-state index in [4.69, 9.17) is 42.6 Å². The topological polar surface area (TPSA) is 136 Å². The lowest BCUT2D eigenvalue weighted by atomic mass is 9.89. The van der Waals surface area contributed by atoms with E-state index in [2.05, 4.69) is 29.3 Å². The molecule has 0 saturated carbocycles. The summed E-state index contributed by atoms with van der Waals surface area (Å²) in [6.07, 6.45) is -1.33. The zero-order valence-electron chi connectivity index (χ0n) is 33.6. The summed E-state index contributed by atoms with van der Waals surface area (Å²) in [6, 6.07) is 29.7. The van der Waals surface area contributed by atoms with Crippen molar-refractivity contribution in [1.29, 1.82) is 0 Å². The lowest BCUT2D eigenvalue weighted by molar-refractivity contribution is -0.222. The van der Waals surface area contributed by atoms with Crippen LogP contribution in [0, 0.1) is 0 Å². The molecule has 0 radical (unpaired) electrons. The first-order valence-electron chi connectivity index (χ1n) is 20.0. The van der Waals surface area contributed by atoms with Crippen molar-refractivity contribution in [3.8, 4) is 0 Å². The van der Waals surface area contributed by atoms with Crippen LogP contribution in [0.4, 0.5) is 4.79 Å². The van der Waals surface area contributed by atoms with Crippen LogP contribution in [0.15, 0.2) is 91.0 Å². The normalized spacial score (nSPS) is 30.8. The standard InChI is InChI=1S/C29H38N2O6.C15H20O5/c1-28(2)36-25-24(33-19-21-10-6-4-7-11-21)23(35-26(25)37-28)18-31-16-14-29(3,15-17-31)30-27(32)34-20-22-12-8-5-9-13-22;1-15(2)19-13-12(11(8-16)18-14(13)20-15)17-9-10-6-4-3-5-7-10/h4-13,23-26H,14-20H2,1-3H3,(H,30,32);3-7,11-14,16H,8-9H2,1-2H3/t23-,24+,25-,26-;11-,12+,13-,14-/m11/s1. The minimum Gasteiger partial charge on any atom is -0.445 e. The van der Waals surface area contributed by atoms with Crippen LogP contribution in [-0.2, 0) is 62.5 Å². The van der Waals surface area contributed by atoms with E-state index in [0.29, 0.717) is 19.8 Å². The van der Waals surface area contributed by atoms with Gasteiger partial charge in [0.1, 0.15) is 43.2 Å². The van der Waals surface area contributed by atoms with E-state index in [1.807, 2.05) is 107 Å². The Morgan fingerprint density at radius 3 is 1.58 bits per heavy atom. The Kier molecular flexibility index (Phi) is 13.3. The molecule has 0 unspecified atom stereocenters. The van der Waals surface area contributed by atoms with E-state index < -0.39 is 30.3 Å². The van der Waals surface area contributed by atoms with Gasteiger partial charge in [0.15, 0.2) is 24.2 Å². The van der Waals surface area contributed by atoms with Crippen LogP contribution in [-0.4, -0.2) is 109 Å². The Morgan fingerprint density at radius 1 is 0.667 bits per heavy atom. The van der Waals surface area contributed by atoms with Crippen LogP contribution in [0.5, 0.6) is 0 Å². The van der Waals surface area contributed by atoms with Gasteiger partial charge in [0.2, 0.25) is 0 Å². The van der Waals surface area contributed by atoms with E-state index in [9.17, 15) is 9.90 Å². The number of amides is 1. The molecular formula is C44H58N2O11. The van der Waals surface area contributed by atoms with Crippen molar-refractivity contribution in [3.63, 3.8) is 0 Å². The number of carbonyl (C=O) groups is 1. The van der Waals surface area contributed by atoms with Crippen molar-refractivity contribution < 1.29 is 52.5 Å². The second-order valence-corrected chi connectivity index (χ2v) is 16.5. The molecule has 13 nitrogen and oxygen atoms in total. The van der Waals surface area contributed by atoms with E-state index in [-0.39, 0.29) is 55.4 Å². The average molecular weight is 791 g/mol. The molecule has 57 heavy (non-hydrogen) atoms. The summed E-state index contributed by atoms with van der Waals surface area (Å²) in [4.78, 5) is 14.8. The minimum absolute atomic E-state index is 0.112. The van der Waals surface area contributed by atoms with Crippen LogP contribution in [0.25, 0.3) is 0 Å².